The van der Waals surface area contributed by atoms with Gasteiger partial charge in [0, 0.05) is 12.1 Å². The first kappa shape index (κ1) is 17.1. The van der Waals surface area contributed by atoms with Crippen LogP contribution in [0.1, 0.15) is 20.8 Å². The molecule has 0 N–H and O–H groups in total. The summed E-state index contributed by atoms with van der Waals surface area (Å²) in [5.74, 6) is 0.795. The van der Waals surface area contributed by atoms with Gasteiger partial charge in [-0.25, -0.2) is 0 Å². The molecule has 0 aliphatic rings. The van der Waals surface area contributed by atoms with Crippen LogP contribution in [0.25, 0.3) is 11.4 Å². The Morgan fingerprint density at radius 3 is 2.43 bits per heavy atom. The van der Waals surface area contributed by atoms with Crippen molar-refractivity contribution in [3.8, 4) is 17.1 Å². The van der Waals surface area contributed by atoms with Crippen molar-refractivity contribution in [3.05, 3.63) is 24.3 Å². The molecule has 0 amide bonds. The lowest BCUT2D eigenvalue weighted by molar-refractivity contribution is -0.142. The largest absolute Gasteiger partial charge is 0.426 e. The Morgan fingerprint density at radius 2 is 1.87 bits per heavy atom. The average molecular weight is 317 g/mol. The molecular weight excluding hydrogens is 294 g/mol. The second-order valence-corrected chi connectivity index (χ2v) is 6.68. The number of tetrazole rings is 1. The summed E-state index contributed by atoms with van der Waals surface area (Å²) in [7, 11) is 3.99. The minimum absolute atomic E-state index is 0.266. The summed E-state index contributed by atoms with van der Waals surface area (Å²) in [6, 6.07) is 7.11. The summed E-state index contributed by atoms with van der Waals surface area (Å²) in [6.45, 7) is 6.98. The number of nitrogens with zero attached hydrogens (tertiary/aromatic N) is 5. The third-order valence-electron chi connectivity index (χ3n) is 3.14. The number of hydrogen-bond acceptors (Lipinski definition) is 6. The van der Waals surface area contributed by atoms with Crippen LogP contribution < -0.4 is 4.74 Å². The van der Waals surface area contributed by atoms with Crippen molar-refractivity contribution in [2.75, 3.05) is 20.6 Å². The molecule has 2 rings (SSSR count). The monoisotopic (exact) mass is 317 g/mol. The van der Waals surface area contributed by atoms with Crippen molar-refractivity contribution in [3.63, 3.8) is 0 Å². The standard InChI is InChI=1S/C16H23N5O2/c1-16(2,3)15(22)23-13-8-6-12(7-9-13)14-17-19-21(18-14)11-10-20(4)5/h6-9H,10-11H2,1-5H3. The van der Waals surface area contributed by atoms with Gasteiger partial charge in [0.1, 0.15) is 5.75 Å². The van der Waals surface area contributed by atoms with E-state index in [-0.39, 0.29) is 5.97 Å². The van der Waals surface area contributed by atoms with Gasteiger partial charge in [-0.05, 0) is 64.3 Å². The van der Waals surface area contributed by atoms with Crippen molar-refractivity contribution in [2.24, 2.45) is 5.41 Å². The molecule has 7 nitrogen and oxygen atoms in total. The minimum Gasteiger partial charge on any atom is -0.426 e. The molecule has 1 aromatic carbocycles. The zero-order valence-electron chi connectivity index (χ0n) is 14.3. The maximum Gasteiger partial charge on any atom is 0.316 e. The number of hydrogen-bond donors (Lipinski definition) is 0. The van der Waals surface area contributed by atoms with E-state index in [2.05, 4.69) is 20.3 Å². The minimum atomic E-state index is -0.532. The fourth-order valence-corrected chi connectivity index (χ4v) is 1.68. The van der Waals surface area contributed by atoms with Crippen LogP contribution in [0.4, 0.5) is 0 Å². The molecule has 1 heterocycles. The molecule has 23 heavy (non-hydrogen) atoms. The van der Waals surface area contributed by atoms with Crippen LogP contribution in [0.2, 0.25) is 0 Å². The van der Waals surface area contributed by atoms with Gasteiger partial charge in [-0.3, -0.25) is 4.79 Å². The molecule has 0 saturated carbocycles. The summed E-state index contributed by atoms with van der Waals surface area (Å²) in [6.07, 6.45) is 0. The molecule has 0 spiro atoms. The Labute approximate surface area is 136 Å². The van der Waals surface area contributed by atoms with Crippen molar-refractivity contribution >= 4 is 5.97 Å². The van der Waals surface area contributed by atoms with Gasteiger partial charge in [-0.15, -0.1) is 10.2 Å². The summed E-state index contributed by atoms with van der Waals surface area (Å²) >= 11 is 0. The van der Waals surface area contributed by atoms with E-state index in [1.165, 1.54) is 0 Å². The molecule has 0 fully saturated rings. The van der Waals surface area contributed by atoms with E-state index in [1.807, 2.05) is 47.0 Å². The first-order chi connectivity index (χ1) is 10.8. The molecule has 0 unspecified atom stereocenters. The molecule has 0 atom stereocenters. The third kappa shape index (κ3) is 4.85. The number of aromatic nitrogens is 4. The highest BCUT2D eigenvalue weighted by molar-refractivity contribution is 5.78. The Bertz CT molecular complexity index is 656. The van der Waals surface area contributed by atoms with Crippen molar-refractivity contribution in [1.29, 1.82) is 0 Å². The second-order valence-electron chi connectivity index (χ2n) is 6.68. The Balaban J connectivity index is 2.03. The van der Waals surface area contributed by atoms with Crippen molar-refractivity contribution < 1.29 is 9.53 Å². The number of benzene rings is 1. The predicted molar refractivity (Wildman–Crippen MR) is 86.9 cm³/mol. The average Bonchev–Trinajstić information content (AvgIpc) is 2.94. The highest BCUT2D eigenvalue weighted by Gasteiger charge is 2.23. The first-order valence-electron chi connectivity index (χ1n) is 7.51. The molecule has 0 bridgehead atoms. The summed E-state index contributed by atoms with van der Waals surface area (Å²) in [5, 5.41) is 12.4. The maximum atomic E-state index is 11.9. The fraction of sp³-hybridized carbons (Fsp3) is 0.500. The molecule has 7 heteroatoms. The molecule has 124 valence electrons. The predicted octanol–water partition coefficient (Wildman–Crippen LogP) is 1.85. The Morgan fingerprint density at radius 1 is 1.22 bits per heavy atom. The van der Waals surface area contributed by atoms with E-state index in [4.69, 9.17) is 4.74 Å². The van der Waals surface area contributed by atoms with Crippen LogP contribution in [0.3, 0.4) is 0 Å². The topological polar surface area (TPSA) is 73.1 Å². The first-order valence-corrected chi connectivity index (χ1v) is 7.51. The molecule has 1 aromatic heterocycles. The quantitative estimate of drug-likeness (QED) is 0.619. The smallest absolute Gasteiger partial charge is 0.316 e. The van der Waals surface area contributed by atoms with E-state index in [9.17, 15) is 4.79 Å². The summed E-state index contributed by atoms with van der Waals surface area (Å²) in [5.41, 5.74) is 0.298. The molecule has 0 aliphatic carbocycles. The zero-order valence-corrected chi connectivity index (χ0v) is 14.3. The SMILES string of the molecule is CN(C)CCn1nnc(-c2ccc(OC(=O)C(C)(C)C)cc2)n1. The normalized spacial score (nSPS) is 11.7. The van der Waals surface area contributed by atoms with Crippen LogP contribution in [0, 0.1) is 5.41 Å². The Kier molecular flexibility index (Phi) is 5.10. The van der Waals surface area contributed by atoms with E-state index < -0.39 is 5.41 Å². The van der Waals surface area contributed by atoms with E-state index >= 15 is 0 Å². The highest BCUT2D eigenvalue weighted by Crippen LogP contribution is 2.22. The van der Waals surface area contributed by atoms with Gasteiger partial charge in [0.05, 0.1) is 12.0 Å². The lowest BCUT2D eigenvalue weighted by Gasteiger charge is -2.16. The van der Waals surface area contributed by atoms with Crippen LogP contribution in [0.5, 0.6) is 5.75 Å². The molecule has 2 aromatic rings. The summed E-state index contributed by atoms with van der Waals surface area (Å²) in [4.78, 5) is 15.5. The van der Waals surface area contributed by atoms with Gasteiger partial charge < -0.3 is 9.64 Å². The third-order valence-corrected chi connectivity index (χ3v) is 3.14. The van der Waals surface area contributed by atoms with Crippen molar-refractivity contribution in [1.82, 2.24) is 25.1 Å². The van der Waals surface area contributed by atoms with Gasteiger partial charge >= 0.3 is 5.97 Å². The number of carbonyl (C=O) groups is 1. The second kappa shape index (κ2) is 6.87. The van der Waals surface area contributed by atoms with Crippen LogP contribution in [-0.2, 0) is 11.3 Å². The lowest BCUT2D eigenvalue weighted by atomic mass is 9.97. The summed E-state index contributed by atoms with van der Waals surface area (Å²) < 4.78 is 5.33. The zero-order chi connectivity index (χ0) is 17.0. The number of rotatable bonds is 5. The molecular formula is C16H23N5O2. The van der Waals surface area contributed by atoms with Crippen molar-refractivity contribution in [2.45, 2.75) is 27.3 Å². The fourth-order valence-electron chi connectivity index (χ4n) is 1.68. The highest BCUT2D eigenvalue weighted by atomic mass is 16.5. The number of carbonyl (C=O) groups excluding carboxylic acids is 1. The number of ether oxygens (including phenoxy) is 1. The van der Waals surface area contributed by atoms with Gasteiger partial charge in [0.15, 0.2) is 0 Å². The van der Waals surface area contributed by atoms with Gasteiger partial charge in [0.2, 0.25) is 5.82 Å². The Hall–Kier alpha value is -2.28. The van der Waals surface area contributed by atoms with Gasteiger partial charge in [-0.1, -0.05) is 0 Å². The molecule has 0 radical (unpaired) electrons. The maximum absolute atomic E-state index is 11.9. The van der Waals surface area contributed by atoms with E-state index in [0.29, 0.717) is 18.1 Å². The van der Waals surface area contributed by atoms with E-state index in [0.717, 1.165) is 12.1 Å². The van der Waals surface area contributed by atoms with Crippen LogP contribution in [-0.4, -0.2) is 51.7 Å². The number of esters is 1. The van der Waals surface area contributed by atoms with E-state index in [1.54, 1.807) is 16.9 Å². The molecule has 0 saturated heterocycles. The van der Waals surface area contributed by atoms with Crippen LogP contribution >= 0.6 is 0 Å². The lowest BCUT2D eigenvalue weighted by Crippen LogP contribution is -2.25. The van der Waals surface area contributed by atoms with Crippen LogP contribution in [0.15, 0.2) is 24.3 Å². The molecule has 0 aliphatic heterocycles. The van der Waals surface area contributed by atoms with Gasteiger partial charge in [-0.2, -0.15) is 4.80 Å². The van der Waals surface area contributed by atoms with Gasteiger partial charge in [0.25, 0.3) is 0 Å². The number of likely N-dealkylation sites (N-methyl/N-ethyl adjacent to an activating group) is 1.